The molecule has 94 valence electrons. The zero-order chi connectivity index (χ0) is 12.0. The molecule has 0 heterocycles. The molecule has 1 fully saturated rings. The molecule has 0 aliphatic heterocycles. The van der Waals surface area contributed by atoms with Gasteiger partial charge in [-0.3, -0.25) is 0 Å². The van der Waals surface area contributed by atoms with Crippen molar-refractivity contribution in [2.24, 2.45) is 0 Å². The Kier molecular flexibility index (Phi) is 5.46. The molecule has 1 aliphatic rings. The van der Waals surface area contributed by atoms with Crippen LogP contribution in [0.5, 0.6) is 0 Å². The van der Waals surface area contributed by atoms with Crippen LogP contribution in [0.1, 0.15) is 19.3 Å². The van der Waals surface area contributed by atoms with Crippen LogP contribution in [0.15, 0.2) is 12.7 Å². The third-order valence-corrected chi connectivity index (χ3v) is 3.76. The molecule has 16 heavy (non-hydrogen) atoms. The lowest BCUT2D eigenvalue weighted by molar-refractivity contribution is 0.0282. The van der Waals surface area contributed by atoms with Gasteiger partial charge in [0.05, 0.1) is 0 Å². The number of nitrogens with zero attached hydrogens (tertiary/aromatic N) is 2. The van der Waals surface area contributed by atoms with E-state index in [0.29, 0.717) is 5.54 Å². The molecule has 0 aromatic rings. The largest absolute Gasteiger partial charge is 0.312 e. The Bertz CT molecular complexity index is 209. The smallest absolute Gasteiger partial charge is 0.0330 e. The van der Waals surface area contributed by atoms with Crippen LogP contribution in [-0.2, 0) is 0 Å². The van der Waals surface area contributed by atoms with Gasteiger partial charge in [-0.1, -0.05) is 6.08 Å². The van der Waals surface area contributed by atoms with Crippen molar-refractivity contribution in [1.29, 1.82) is 0 Å². The average Bonchev–Trinajstić information content (AvgIpc) is 2.18. The summed E-state index contributed by atoms with van der Waals surface area (Å²) < 4.78 is 0. The van der Waals surface area contributed by atoms with Gasteiger partial charge in [0.25, 0.3) is 0 Å². The Balaban J connectivity index is 2.21. The Morgan fingerprint density at radius 3 is 2.44 bits per heavy atom. The molecule has 0 aromatic carbocycles. The Labute approximate surface area is 100 Å². The fraction of sp³-hybridized carbons (Fsp3) is 0.846. The van der Waals surface area contributed by atoms with E-state index in [1.165, 1.54) is 25.8 Å². The molecule has 1 N–H and O–H groups in total. The maximum absolute atomic E-state index is 3.70. The predicted molar refractivity (Wildman–Crippen MR) is 70.8 cm³/mol. The molecule has 0 amide bonds. The minimum absolute atomic E-state index is 0.452. The zero-order valence-corrected chi connectivity index (χ0v) is 11.1. The summed E-state index contributed by atoms with van der Waals surface area (Å²) in [5.74, 6) is 0. The summed E-state index contributed by atoms with van der Waals surface area (Å²) in [6.45, 7) is 7.96. The number of rotatable bonds is 8. The number of hydrogen-bond donors (Lipinski definition) is 1. The molecule has 0 radical (unpaired) electrons. The first kappa shape index (κ1) is 13.7. The van der Waals surface area contributed by atoms with E-state index in [0.717, 1.165) is 19.6 Å². The fourth-order valence-corrected chi connectivity index (χ4v) is 2.39. The van der Waals surface area contributed by atoms with Crippen LogP contribution in [0.3, 0.4) is 0 Å². The maximum Gasteiger partial charge on any atom is 0.0330 e. The number of hydrogen-bond acceptors (Lipinski definition) is 3. The minimum atomic E-state index is 0.452. The molecule has 3 nitrogen and oxygen atoms in total. The monoisotopic (exact) mass is 225 g/mol. The van der Waals surface area contributed by atoms with Gasteiger partial charge in [0.15, 0.2) is 0 Å². The van der Waals surface area contributed by atoms with Crippen LogP contribution in [0.4, 0.5) is 0 Å². The second kappa shape index (κ2) is 6.38. The van der Waals surface area contributed by atoms with Crippen LogP contribution in [0.25, 0.3) is 0 Å². The van der Waals surface area contributed by atoms with E-state index in [4.69, 9.17) is 0 Å². The summed E-state index contributed by atoms with van der Waals surface area (Å²) in [7, 11) is 6.64. The van der Waals surface area contributed by atoms with Gasteiger partial charge in [-0.25, -0.2) is 0 Å². The number of nitrogens with one attached hydrogen (secondary N) is 1. The standard InChI is InChI=1S/C13H27N3/c1-5-9-14-10-11-16(4)12-13(15(2)3)7-6-8-13/h5,14H,1,6-12H2,2-4H3. The van der Waals surface area contributed by atoms with Crippen molar-refractivity contribution < 1.29 is 0 Å². The summed E-state index contributed by atoms with van der Waals surface area (Å²) in [5, 5.41) is 3.34. The molecule has 1 rings (SSSR count). The molecular formula is C13H27N3. The van der Waals surface area contributed by atoms with Crippen molar-refractivity contribution in [2.45, 2.75) is 24.8 Å². The molecule has 1 aliphatic carbocycles. The molecule has 0 bridgehead atoms. The molecule has 1 saturated carbocycles. The van der Waals surface area contributed by atoms with Crippen molar-refractivity contribution in [3.05, 3.63) is 12.7 Å². The summed E-state index contributed by atoms with van der Waals surface area (Å²) in [4.78, 5) is 4.85. The average molecular weight is 225 g/mol. The molecule has 3 heteroatoms. The molecule has 0 spiro atoms. The maximum atomic E-state index is 3.70. The summed E-state index contributed by atoms with van der Waals surface area (Å²) in [5.41, 5.74) is 0.452. The molecule has 0 aromatic heterocycles. The zero-order valence-electron chi connectivity index (χ0n) is 11.1. The van der Waals surface area contributed by atoms with Crippen LogP contribution in [0, 0.1) is 0 Å². The SMILES string of the molecule is C=CCNCCN(C)CC1(N(C)C)CCC1. The van der Waals surface area contributed by atoms with Gasteiger partial charge in [-0.2, -0.15) is 0 Å². The highest BCUT2D eigenvalue weighted by Crippen LogP contribution is 2.36. The van der Waals surface area contributed by atoms with Crippen LogP contribution >= 0.6 is 0 Å². The van der Waals surface area contributed by atoms with Gasteiger partial charge >= 0.3 is 0 Å². The quantitative estimate of drug-likeness (QED) is 0.494. The summed E-state index contributed by atoms with van der Waals surface area (Å²) in [6.07, 6.45) is 6.00. The Morgan fingerprint density at radius 1 is 1.31 bits per heavy atom. The van der Waals surface area contributed by atoms with Gasteiger partial charge in [0.1, 0.15) is 0 Å². The van der Waals surface area contributed by atoms with Crippen LogP contribution in [-0.4, -0.2) is 62.7 Å². The second-order valence-electron chi connectivity index (χ2n) is 5.20. The van der Waals surface area contributed by atoms with Crippen molar-refractivity contribution in [2.75, 3.05) is 47.3 Å². The number of likely N-dealkylation sites (N-methyl/N-ethyl adjacent to an activating group) is 2. The second-order valence-corrected chi connectivity index (χ2v) is 5.20. The van der Waals surface area contributed by atoms with Gasteiger partial charge in [0, 0.05) is 31.7 Å². The van der Waals surface area contributed by atoms with Gasteiger partial charge in [-0.15, -0.1) is 6.58 Å². The molecule has 0 saturated heterocycles. The Morgan fingerprint density at radius 2 is 2.00 bits per heavy atom. The van der Waals surface area contributed by atoms with Gasteiger partial charge in [-0.05, 0) is 40.4 Å². The molecule has 0 unspecified atom stereocenters. The molecule has 0 atom stereocenters. The van der Waals surface area contributed by atoms with Crippen molar-refractivity contribution in [3.63, 3.8) is 0 Å². The highest BCUT2D eigenvalue weighted by molar-refractivity contribution is 4.97. The third-order valence-electron chi connectivity index (χ3n) is 3.76. The normalized spacial score (nSPS) is 18.8. The summed E-state index contributed by atoms with van der Waals surface area (Å²) >= 11 is 0. The third kappa shape index (κ3) is 3.58. The van der Waals surface area contributed by atoms with Crippen molar-refractivity contribution in [1.82, 2.24) is 15.1 Å². The minimum Gasteiger partial charge on any atom is -0.312 e. The van der Waals surface area contributed by atoms with Gasteiger partial charge in [0.2, 0.25) is 0 Å². The van der Waals surface area contributed by atoms with E-state index in [9.17, 15) is 0 Å². The highest BCUT2D eigenvalue weighted by atomic mass is 15.2. The van der Waals surface area contributed by atoms with Crippen LogP contribution in [0.2, 0.25) is 0 Å². The summed E-state index contributed by atoms with van der Waals surface area (Å²) in [6, 6.07) is 0. The lowest BCUT2D eigenvalue weighted by atomic mass is 9.75. The van der Waals surface area contributed by atoms with E-state index in [2.05, 4.69) is 42.8 Å². The Hall–Kier alpha value is -0.380. The van der Waals surface area contributed by atoms with E-state index in [1.807, 2.05) is 6.08 Å². The van der Waals surface area contributed by atoms with Crippen LogP contribution < -0.4 is 5.32 Å². The van der Waals surface area contributed by atoms with Crippen molar-refractivity contribution in [3.8, 4) is 0 Å². The highest BCUT2D eigenvalue weighted by Gasteiger charge is 2.39. The lowest BCUT2D eigenvalue weighted by Crippen LogP contribution is -2.57. The molecular weight excluding hydrogens is 198 g/mol. The first-order chi connectivity index (χ1) is 7.60. The van der Waals surface area contributed by atoms with E-state index in [-0.39, 0.29) is 0 Å². The van der Waals surface area contributed by atoms with E-state index >= 15 is 0 Å². The fourth-order valence-electron chi connectivity index (χ4n) is 2.39. The topological polar surface area (TPSA) is 18.5 Å². The predicted octanol–water partition coefficient (Wildman–Crippen LogP) is 1.18. The van der Waals surface area contributed by atoms with E-state index < -0.39 is 0 Å². The van der Waals surface area contributed by atoms with Gasteiger partial charge < -0.3 is 15.1 Å². The van der Waals surface area contributed by atoms with E-state index in [1.54, 1.807) is 0 Å². The first-order valence-electron chi connectivity index (χ1n) is 6.28. The first-order valence-corrected chi connectivity index (χ1v) is 6.28. The van der Waals surface area contributed by atoms with Crippen molar-refractivity contribution >= 4 is 0 Å². The lowest BCUT2D eigenvalue weighted by Gasteiger charge is -2.49.